The van der Waals surface area contributed by atoms with Crippen LogP contribution in [0.5, 0.6) is 0 Å². The zero-order valence-corrected chi connectivity index (χ0v) is 26.8. The Morgan fingerprint density at radius 3 is 1.79 bits per heavy atom. The van der Waals surface area contributed by atoms with E-state index in [-0.39, 0.29) is 23.0 Å². The molecule has 0 amide bonds. The minimum absolute atomic E-state index is 0.170. The van der Waals surface area contributed by atoms with Crippen LogP contribution in [0.15, 0.2) is 115 Å². The average Bonchev–Trinajstić information content (AvgIpc) is 3.69. The van der Waals surface area contributed by atoms with E-state index in [0.29, 0.717) is 11.1 Å². The topological polar surface area (TPSA) is 37.4 Å². The third-order valence-electron chi connectivity index (χ3n) is 9.95. The number of aryl methyl sites for hydroxylation is 3. The number of hydrogen-bond donors (Lipinski definition) is 0. The SMILES string of the molecule is Cc1cc(C)c(N2c3ccc(F)cc3C3(c4ccccc4-c4ccccc43)c3cc(C=C4C(=O)c5ccccc5C4=O)sc32)c(C)c1. The molecule has 0 bridgehead atoms. The van der Waals surface area contributed by atoms with Crippen LogP contribution in [-0.4, -0.2) is 11.6 Å². The molecule has 2 heterocycles. The van der Waals surface area contributed by atoms with Crippen LogP contribution in [0.2, 0.25) is 0 Å². The third kappa shape index (κ3) is 3.66. The summed E-state index contributed by atoms with van der Waals surface area (Å²) in [6.45, 7) is 6.33. The van der Waals surface area contributed by atoms with Gasteiger partial charge in [0.15, 0.2) is 11.6 Å². The van der Waals surface area contributed by atoms with Gasteiger partial charge in [0.05, 0.1) is 22.4 Å². The summed E-state index contributed by atoms with van der Waals surface area (Å²) in [5.41, 5.74) is 11.8. The minimum atomic E-state index is -0.817. The lowest BCUT2D eigenvalue weighted by Crippen LogP contribution is -2.35. The van der Waals surface area contributed by atoms with E-state index in [9.17, 15) is 9.59 Å². The normalized spacial score (nSPS) is 15.0. The molecule has 0 saturated heterocycles. The lowest BCUT2D eigenvalue weighted by atomic mass is 9.66. The first-order valence-corrected chi connectivity index (χ1v) is 16.5. The number of halogens is 1. The second-order valence-electron chi connectivity index (χ2n) is 12.7. The summed E-state index contributed by atoms with van der Waals surface area (Å²) < 4.78 is 15.6. The molecule has 0 N–H and O–H groups in total. The number of carbonyl (C=O) groups excluding carboxylic acids is 2. The number of nitrogens with zero attached hydrogens (tertiary/aromatic N) is 1. The first-order chi connectivity index (χ1) is 22.8. The van der Waals surface area contributed by atoms with Gasteiger partial charge in [0.25, 0.3) is 0 Å². The average molecular weight is 630 g/mol. The number of Topliss-reactive ketones (excluding diaryl/α,β-unsaturated/α-hetero) is 2. The molecule has 226 valence electrons. The molecule has 0 fully saturated rings. The predicted octanol–water partition coefficient (Wildman–Crippen LogP) is 10.4. The molecule has 3 aliphatic rings. The molecular formula is C42H28FNO2S. The van der Waals surface area contributed by atoms with Crippen molar-refractivity contribution in [3.63, 3.8) is 0 Å². The Balaban J connectivity index is 1.40. The predicted molar refractivity (Wildman–Crippen MR) is 187 cm³/mol. The molecule has 6 aromatic rings. The van der Waals surface area contributed by atoms with Crippen molar-refractivity contribution < 1.29 is 14.0 Å². The quantitative estimate of drug-likeness (QED) is 0.141. The molecule has 0 atom stereocenters. The number of allylic oxidation sites excluding steroid dienone is 1. The number of thiophene rings is 1. The number of carbonyl (C=O) groups is 2. The van der Waals surface area contributed by atoms with Crippen molar-refractivity contribution in [2.75, 3.05) is 4.90 Å². The fourth-order valence-electron chi connectivity index (χ4n) is 8.27. The molecule has 5 heteroatoms. The molecule has 9 rings (SSSR count). The summed E-state index contributed by atoms with van der Waals surface area (Å²) in [6.07, 6.45) is 1.76. The monoisotopic (exact) mass is 629 g/mol. The molecule has 47 heavy (non-hydrogen) atoms. The molecule has 5 aromatic carbocycles. The Labute approximate surface area is 276 Å². The second-order valence-corrected chi connectivity index (χ2v) is 13.8. The van der Waals surface area contributed by atoms with Crippen LogP contribution < -0.4 is 4.90 Å². The summed E-state index contributed by atoms with van der Waals surface area (Å²) >= 11 is 1.56. The van der Waals surface area contributed by atoms with Crippen molar-refractivity contribution in [1.82, 2.24) is 0 Å². The van der Waals surface area contributed by atoms with Gasteiger partial charge in [0.1, 0.15) is 10.8 Å². The Morgan fingerprint density at radius 2 is 1.19 bits per heavy atom. The zero-order valence-electron chi connectivity index (χ0n) is 26.0. The van der Waals surface area contributed by atoms with E-state index in [4.69, 9.17) is 0 Å². The highest BCUT2D eigenvalue weighted by atomic mass is 32.1. The Kier molecular flexibility index (Phi) is 5.82. The molecule has 1 aromatic heterocycles. The molecule has 2 aliphatic carbocycles. The summed E-state index contributed by atoms with van der Waals surface area (Å²) in [6, 6.07) is 35.4. The maximum atomic E-state index is 15.6. The van der Waals surface area contributed by atoms with E-state index in [1.54, 1.807) is 53.8 Å². The molecule has 0 saturated carbocycles. The van der Waals surface area contributed by atoms with Gasteiger partial charge in [-0.3, -0.25) is 9.59 Å². The lowest BCUT2D eigenvalue weighted by Gasteiger charge is -2.44. The van der Waals surface area contributed by atoms with E-state index >= 15 is 4.39 Å². The van der Waals surface area contributed by atoms with Gasteiger partial charge in [-0.1, -0.05) is 90.5 Å². The first kappa shape index (κ1) is 27.9. The number of ketones is 2. The van der Waals surface area contributed by atoms with Crippen molar-refractivity contribution in [1.29, 1.82) is 0 Å². The van der Waals surface area contributed by atoms with Crippen LogP contribution in [0.25, 0.3) is 17.2 Å². The van der Waals surface area contributed by atoms with Crippen LogP contribution >= 0.6 is 11.3 Å². The summed E-state index contributed by atoms with van der Waals surface area (Å²) in [7, 11) is 0. The van der Waals surface area contributed by atoms with Gasteiger partial charge in [-0.25, -0.2) is 4.39 Å². The van der Waals surface area contributed by atoms with Crippen molar-refractivity contribution >= 4 is 45.4 Å². The zero-order chi connectivity index (χ0) is 32.2. The summed E-state index contributed by atoms with van der Waals surface area (Å²) in [5.74, 6) is -0.811. The van der Waals surface area contributed by atoms with Gasteiger partial charge >= 0.3 is 0 Å². The van der Waals surface area contributed by atoms with Gasteiger partial charge in [-0.05, 0) is 90.1 Å². The minimum Gasteiger partial charge on any atom is -0.301 e. The Hall–Kier alpha value is -5.39. The van der Waals surface area contributed by atoms with Gasteiger partial charge in [-0.15, -0.1) is 11.3 Å². The Morgan fingerprint density at radius 1 is 0.638 bits per heavy atom. The molecule has 1 aliphatic heterocycles. The van der Waals surface area contributed by atoms with Crippen molar-refractivity contribution in [2.45, 2.75) is 26.2 Å². The number of anilines is 3. The fraction of sp³-hybridized carbons (Fsp3) is 0.0952. The number of benzene rings is 5. The smallest absolute Gasteiger partial charge is 0.197 e. The van der Waals surface area contributed by atoms with Crippen LogP contribution in [0.4, 0.5) is 20.8 Å². The first-order valence-electron chi connectivity index (χ1n) is 15.7. The van der Waals surface area contributed by atoms with E-state index < -0.39 is 5.41 Å². The highest BCUT2D eigenvalue weighted by Gasteiger charge is 2.53. The van der Waals surface area contributed by atoms with Crippen LogP contribution in [-0.2, 0) is 5.41 Å². The second kappa shape index (κ2) is 9.81. The lowest BCUT2D eigenvalue weighted by molar-refractivity contribution is 0.0990. The maximum Gasteiger partial charge on any atom is 0.197 e. The molecule has 3 nitrogen and oxygen atoms in total. The van der Waals surface area contributed by atoms with E-state index in [1.165, 1.54) is 5.56 Å². The van der Waals surface area contributed by atoms with Crippen LogP contribution in [0, 0.1) is 26.6 Å². The number of fused-ring (bicyclic) bond motifs is 10. The largest absolute Gasteiger partial charge is 0.301 e. The molecule has 0 unspecified atom stereocenters. The molecule has 1 spiro atoms. The highest BCUT2D eigenvalue weighted by Crippen LogP contribution is 2.65. The number of hydrogen-bond acceptors (Lipinski definition) is 4. The van der Waals surface area contributed by atoms with E-state index in [1.807, 2.05) is 18.2 Å². The highest BCUT2D eigenvalue weighted by molar-refractivity contribution is 7.17. The standard InChI is InChI=1S/C42H28FNO2S/c1-23-18-24(2)38(25(3)19-23)44-37-17-16-26(43)20-35(37)42(33-14-8-6-10-28(33)29-11-7-9-15-34(29)42)36-22-27(47-41(36)44)21-32-39(45)30-12-4-5-13-31(30)40(32)46/h4-22H,1-3H3. The fourth-order valence-corrected chi connectivity index (χ4v) is 9.45. The van der Waals surface area contributed by atoms with Crippen molar-refractivity contribution in [3.8, 4) is 11.1 Å². The van der Waals surface area contributed by atoms with Gasteiger partial charge in [0, 0.05) is 21.6 Å². The third-order valence-corrected chi connectivity index (χ3v) is 11.0. The summed E-state index contributed by atoms with van der Waals surface area (Å²) in [4.78, 5) is 30.1. The van der Waals surface area contributed by atoms with E-state index in [0.717, 1.165) is 65.8 Å². The van der Waals surface area contributed by atoms with Gasteiger partial charge < -0.3 is 4.90 Å². The summed E-state index contributed by atoms with van der Waals surface area (Å²) in [5, 5.41) is 0.980. The molecule has 0 radical (unpaired) electrons. The van der Waals surface area contributed by atoms with Crippen molar-refractivity contribution in [3.05, 3.63) is 176 Å². The maximum absolute atomic E-state index is 15.6. The number of rotatable bonds is 2. The van der Waals surface area contributed by atoms with Gasteiger partial charge in [0.2, 0.25) is 0 Å². The van der Waals surface area contributed by atoms with Gasteiger partial charge in [-0.2, -0.15) is 0 Å². The van der Waals surface area contributed by atoms with Crippen LogP contribution in [0.1, 0.15) is 64.5 Å². The Bertz CT molecular complexity index is 2310. The van der Waals surface area contributed by atoms with E-state index in [2.05, 4.69) is 80.3 Å². The van der Waals surface area contributed by atoms with Crippen LogP contribution in [0.3, 0.4) is 0 Å². The molecular weight excluding hydrogens is 602 g/mol. The van der Waals surface area contributed by atoms with Crippen molar-refractivity contribution in [2.24, 2.45) is 0 Å².